The second-order valence-electron chi connectivity index (χ2n) is 17.6. The van der Waals surface area contributed by atoms with E-state index in [1.54, 1.807) is 51.1 Å². The summed E-state index contributed by atoms with van der Waals surface area (Å²) in [6.07, 6.45) is -6.16. The van der Waals surface area contributed by atoms with Gasteiger partial charge < -0.3 is 44.3 Å². The number of carbonyl (C=O) groups is 6. The molecule has 1 saturated heterocycles. The molecule has 1 aromatic carbocycles. The zero-order valence-electron chi connectivity index (χ0n) is 34.2. The second-order valence-corrected chi connectivity index (χ2v) is 17.6. The van der Waals surface area contributed by atoms with Gasteiger partial charge in [0.15, 0.2) is 23.6 Å². The van der Waals surface area contributed by atoms with Crippen LogP contribution in [0.25, 0.3) is 6.08 Å². The number of rotatable bonds is 4. The Labute approximate surface area is 337 Å². The average Bonchev–Trinajstić information content (AvgIpc) is 3.13. The maximum absolute atomic E-state index is 15.4. The van der Waals surface area contributed by atoms with E-state index in [-0.39, 0.29) is 54.9 Å². The molecule has 5 bridgehead atoms. The summed E-state index contributed by atoms with van der Waals surface area (Å²) in [6, 6.07) is 5.35. The predicted octanol–water partition coefficient (Wildman–Crippen LogP) is 2.90. The van der Waals surface area contributed by atoms with Gasteiger partial charge in [-0.25, -0.2) is 9.59 Å². The fourth-order valence-corrected chi connectivity index (χ4v) is 10.1. The van der Waals surface area contributed by atoms with Gasteiger partial charge in [-0.1, -0.05) is 52.0 Å². The van der Waals surface area contributed by atoms with Crippen molar-refractivity contribution in [3.63, 3.8) is 0 Å². The molecule has 1 amide bonds. The Morgan fingerprint density at radius 3 is 2.36 bits per heavy atom. The minimum atomic E-state index is -2.35. The molecule has 6 rings (SSSR count). The molecule has 1 unspecified atom stereocenters. The van der Waals surface area contributed by atoms with Crippen LogP contribution in [0.15, 0.2) is 41.5 Å². The van der Waals surface area contributed by atoms with Crippen LogP contribution in [-0.2, 0) is 47.7 Å². The standard InChI is InChI=1S/C43H55NO14/c1-21(2)16-27-33(49)39(52)56-28-19-43(53)37(57-38(51)26-14-11-13-25(17-26)12-9-10-15-31(48)44-27)35-41(8,29(47)18-30-42(35,20-54-30)58-24(5)46)36(50)34(55-23(4)45)32(22(28)3)40(43,6)7/h9,11-14,17,21,27-30,33-35,37,47,49,53H,10,15-16,18-20H2,1-8H3,(H,44,48)/b12-9+/t27?,28-,29-,30+,33+,34+,35-,37-,41+,42-,43+/m0/s1. The van der Waals surface area contributed by atoms with Gasteiger partial charge in [0.1, 0.15) is 23.9 Å². The van der Waals surface area contributed by atoms with Crippen LogP contribution in [0.4, 0.5) is 0 Å². The zero-order chi connectivity index (χ0) is 42.7. The minimum Gasteiger partial charge on any atom is -0.456 e. The van der Waals surface area contributed by atoms with Crippen molar-refractivity contribution in [2.75, 3.05) is 6.61 Å². The van der Waals surface area contributed by atoms with Gasteiger partial charge in [0.05, 0.1) is 35.6 Å². The van der Waals surface area contributed by atoms with Gasteiger partial charge in [0.25, 0.3) is 0 Å². The molecule has 2 aliphatic heterocycles. The first-order valence-electron chi connectivity index (χ1n) is 19.9. The van der Waals surface area contributed by atoms with Crippen LogP contribution in [-0.4, -0.2) is 111 Å². The third kappa shape index (κ3) is 7.17. The number of hydrogen-bond acceptors (Lipinski definition) is 14. The number of benzene rings is 1. The number of amides is 1. The van der Waals surface area contributed by atoms with Gasteiger partial charge >= 0.3 is 23.9 Å². The van der Waals surface area contributed by atoms with Crippen LogP contribution in [0.5, 0.6) is 0 Å². The third-order valence-corrected chi connectivity index (χ3v) is 13.1. The molecule has 316 valence electrons. The molecule has 3 aliphatic carbocycles. The van der Waals surface area contributed by atoms with Crippen molar-refractivity contribution in [3.8, 4) is 0 Å². The molecule has 2 heterocycles. The molecule has 58 heavy (non-hydrogen) atoms. The minimum absolute atomic E-state index is 0.0264. The highest BCUT2D eigenvalue weighted by Crippen LogP contribution is 2.64. The van der Waals surface area contributed by atoms with Gasteiger partial charge in [-0.3, -0.25) is 19.2 Å². The Bertz CT molecular complexity index is 1940. The SMILES string of the molecule is CC(=O)O[C@H]1C(=O)[C@@]2(C)[C@H]([C@@H]3OC(=O)c4cccc(c4)/C=C/CCC(=O)NC(CC(C)C)[C@@H](O)C(=O)O[C@H]4C[C@]3(O)C(C)(C)C1=C4C)[C@]1(OC(C)=O)CO[C@@H]1C[C@@H]2O. The van der Waals surface area contributed by atoms with Crippen molar-refractivity contribution in [2.45, 2.75) is 141 Å². The van der Waals surface area contributed by atoms with Crippen LogP contribution < -0.4 is 5.32 Å². The van der Waals surface area contributed by atoms with Crippen molar-refractivity contribution < 1.29 is 67.8 Å². The number of carbonyl (C=O) groups excluding carboxylic acids is 6. The Balaban J connectivity index is 1.64. The fourth-order valence-electron chi connectivity index (χ4n) is 10.1. The number of esters is 4. The molecule has 15 heteroatoms. The Kier molecular flexibility index (Phi) is 11.6. The summed E-state index contributed by atoms with van der Waals surface area (Å²) >= 11 is 0. The number of aliphatic hydroxyl groups is 3. The number of aliphatic hydroxyl groups excluding tert-OH is 2. The summed E-state index contributed by atoms with van der Waals surface area (Å²) in [5, 5.41) is 39.9. The van der Waals surface area contributed by atoms with Crippen molar-refractivity contribution in [1.82, 2.24) is 5.32 Å². The van der Waals surface area contributed by atoms with Crippen LogP contribution >= 0.6 is 0 Å². The van der Waals surface area contributed by atoms with E-state index in [2.05, 4.69) is 5.32 Å². The first-order valence-corrected chi connectivity index (χ1v) is 19.9. The molecule has 11 atom stereocenters. The molecule has 0 radical (unpaired) electrons. The molecule has 1 aromatic rings. The summed E-state index contributed by atoms with van der Waals surface area (Å²) in [7, 11) is 0. The zero-order valence-corrected chi connectivity index (χ0v) is 34.2. The number of nitrogens with one attached hydrogen (secondary N) is 1. The number of fused-ring (bicyclic) bond motifs is 8. The van der Waals surface area contributed by atoms with Crippen molar-refractivity contribution in [2.24, 2.45) is 22.7 Å². The summed E-state index contributed by atoms with van der Waals surface area (Å²) in [6.45, 7) is 11.8. The molecule has 4 N–H and O–H groups in total. The molecule has 2 saturated carbocycles. The van der Waals surface area contributed by atoms with Crippen LogP contribution in [0, 0.1) is 22.7 Å². The lowest BCUT2D eigenvalue weighted by atomic mass is 9.44. The van der Waals surface area contributed by atoms with Crippen molar-refractivity contribution >= 4 is 41.6 Å². The Morgan fingerprint density at radius 2 is 1.74 bits per heavy atom. The monoisotopic (exact) mass is 809 g/mol. The Morgan fingerprint density at radius 1 is 1.03 bits per heavy atom. The highest BCUT2D eigenvalue weighted by molar-refractivity contribution is 5.95. The van der Waals surface area contributed by atoms with E-state index in [1.807, 2.05) is 13.8 Å². The quantitative estimate of drug-likeness (QED) is 0.195. The molecule has 3 fully saturated rings. The first-order chi connectivity index (χ1) is 27.1. The molecular weight excluding hydrogens is 754 g/mol. The van der Waals surface area contributed by atoms with Crippen LogP contribution in [0.1, 0.15) is 103 Å². The smallest absolute Gasteiger partial charge is 0.338 e. The number of hydrogen-bond donors (Lipinski definition) is 4. The third-order valence-electron chi connectivity index (χ3n) is 13.1. The van der Waals surface area contributed by atoms with E-state index >= 15 is 4.79 Å². The van der Waals surface area contributed by atoms with Crippen LogP contribution in [0.3, 0.4) is 0 Å². The molecule has 5 aliphatic rings. The Hall–Kier alpha value is -4.44. The largest absolute Gasteiger partial charge is 0.456 e. The second kappa shape index (κ2) is 15.6. The van der Waals surface area contributed by atoms with Gasteiger partial charge in [0, 0.05) is 38.5 Å². The van der Waals surface area contributed by atoms with E-state index in [1.165, 1.54) is 13.0 Å². The molecular formula is C43H55NO14. The van der Waals surface area contributed by atoms with Gasteiger partial charge in [-0.15, -0.1) is 0 Å². The fraction of sp³-hybridized carbons (Fsp3) is 0.628. The first kappa shape index (κ1) is 43.1. The maximum atomic E-state index is 15.4. The number of ketones is 1. The van der Waals surface area contributed by atoms with Gasteiger partial charge in [-0.05, 0) is 61.4 Å². The maximum Gasteiger partial charge on any atom is 0.338 e. The lowest BCUT2D eigenvalue weighted by Gasteiger charge is -2.67. The topological polar surface area (TPSA) is 221 Å². The summed E-state index contributed by atoms with van der Waals surface area (Å²) < 4.78 is 30.3. The molecule has 15 nitrogen and oxygen atoms in total. The highest BCUT2D eigenvalue weighted by atomic mass is 16.6. The van der Waals surface area contributed by atoms with E-state index in [4.69, 9.17) is 23.7 Å². The van der Waals surface area contributed by atoms with E-state index < -0.39 is 113 Å². The van der Waals surface area contributed by atoms with E-state index in [9.17, 15) is 39.3 Å². The number of ether oxygens (including phenoxy) is 5. The van der Waals surface area contributed by atoms with E-state index in [0.717, 1.165) is 13.8 Å². The van der Waals surface area contributed by atoms with Crippen LogP contribution in [0.2, 0.25) is 0 Å². The molecule has 0 aromatic heterocycles. The van der Waals surface area contributed by atoms with E-state index in [0.29, 0.717) is 5.56 Å². The normalized spacial score (nSPS) is 38.1. The number of Topliss-reactive ketones (excluding diaryl/α,β-unsaturated/α-hetero) is 1. The number of allylic oxidation sites excluding steroid dienone is 1. The lowest BCUT2D eigenvalue weighted by molar-refractivity contribution is -0.346. The summed E-state index contributed by atoms with van der Waals surface area (Å²) in [5.41, 5.74) is -6.90. The summed E-state index contributed by atoms with van der Waals surface area (Å²) in [5.74, 6) is -6.58. The lowest BCUT2D eigenvalue weighted by Crippen LogP contribution is -2.82. The summed E-state index contributed by atoms with van der Waals surface area (Å²) in [4.78, 5) is 82.9. The molecule has 0 spiro atoms. The highest BCUT2D eigenvalue weighted by Gasteiger charge is 2.78. The van der Waals surface area contributed by atoms with Crippen molar-refractivity contribution in [3.05, 3.63) is 52.6 Å². The average molecular weight is 810 g/mol. The van der Waals surface area contributed by atoms with Gasteiger partial charge in [-0.2, -0.15) is 0 Å². The van der Waals surface area contributed by atoms with Gasteiger partial charge in [0.2, 0.25) is 5.91 Å². The van der Waals surface area contributed by atoms with Crippen molar-refractivity contribution in [1.29, 1.82) is 0 Å². The predicted molar refractivity (Wildman–Crippen MR) is 204 cm³/mol.